The first kappa shape index (κ1) is 15.6. The fourth-order valence-corrected chi connectivity index (χ4v) is 2.88. The molecule has 0 saturated heterocycles. The smallest absolute Gasteiger partial charge is 0.277 e. The highest BCUT2D eigenvalue weighted by molar-refractivity contribution is 7.99. The Kier molecular flexibility index (Phi) is 4.13. The molecule has 3 rings (SSSR count). The minimum absolute atomic E-state index is 0.121. The summed E-state index contributed by atoms with van der Waals surface area (Å²) in [5, 5.41) is 20.2. The molecule has 1 saturated carbocycles. The normalized spacial score (nSPS) is 16.6. The maximum Gasteiger partial charge on any atom is 0.277 e. The molecule has 1 aliphatic carbocycles. The average molecular weight is 332 g/mol. The molecule has 120 valence electrons. The first-order chi connectivity index (χ1) is 11.0. The van der Waals surface area contributed by atoms with Crippen molar-refractivity contribution in [3.05, 3.63) is 18.1 Å². The standard InChI is InChI=1S/C15H16N4O3S/c1-9-11(5-6-21-9)13-18-19-14(22-13)23-7-12(20)17-15(2,8-16)10-3-4-10/h5-6,10H,3-4,7H2,1-2H3,(H,17,20)/t15-/m0/s1. The van der Waals surface area contributed by atoms with E-state index >= 15 is 0 Å². The van der Waals surface area contributed by atoms with Crippen LogP contribution in [0.3, 0.4) is 0 Å². The number of nitrogens with zero attached hydrogens (tertiary/aromatic N) is 3. The van der Waals surface area contributed by atoms with E-state index < -0.39 is 5.54 Å². The van der Waals surface area contributed by atoms with Crippen molar-refractivity contribution >= 4 is 17.7 Å². The van der Waals surface area contributed by atoms with E-state index in [0.29, 0.717) is 16.9 Å². The second kappa shape index (κ2) is 6.08. The Hall–Kier alpha value is -2.27. The van der Waals surface area contributed by atoms with Gasteiger partial charge in [-0.15, -0.1) is 10.2 Å². The van der Waals surface area contributed by atoms with Gasteiger partial charge in [-0.3, -0.25) is 4.79 Å². The summed E-state index contributed by atoms with van der Waals surface area (Å²) < 4.78 is 10.7. The Morgan fingerprint density at radius 3 is 2.96 bits per heavy atom. The van der Waals surface area contributed by atoms with E-state index in [9.17, 15) is 10.1 Å². The number of carbonyl (C=O) groups is 1. The first-order valence-electron chi connectivity index (χ1n) is 7.25. The van der Waals surface area contributed by atoms with Crippen LogP contribution in [-0.4, -0.2) is 27.4 Å². The largest absolute Gasteiger partial charge is 0.469 e. The summed E-state index contributed by atoms with van der Waals surface area (Å²) in [6, 6.07) is 3.94. The Morgan fingerprint density at radius 1 is 1.57 bits per heavy atom. The van der Waals surface area contributed by atoms with Crippen molar-refractivity contribution in [1.82, 2.24) is 15.5 Å². The minimum Gasteiger partial charge on any atom is -0.469 e. The number of hydrogen-bond acceptors (Lipinski definition) is 7. The van der Waals surface area contributed by atoms with Crippen LogP contribution in [0.25, 0.3) is 11.5 Å². The summed E-state index contributed by atoms with van der Waals surface area (Å²) in [6.07, 6.45) is 3.51. The summed E-state index contributed by atoms with van der Waals surface area (Å²) >= 11 is 1.14. The Bertz CT molecular complexity index is 759. The fraction of sp³-hybridized carbons (Fsp3) is 0.467. The van der Waals surface area contributed by atoms with Crippen molar-refractivity contribution in [3.63, 3.8) is 0 Å². The Labute approximate surface area is 137 Å². The maximum atomic E-state index is 12.0. The molecular weight excluding hydrogens is 316 g/mol. The lowest BCUT2D eigenvalue weighted by Gasteiger charge is -2.22. The van der Waals surface area contributed by atoms with Gasteiger partial charge in [0.25, 0.3) is 11.1 Å². The van der Waals surface area contributed by atoms with Crippen LogP contribution in [0.1, 0.15) is 25.5 Å². The number of carbonyl (C=O) groups excluding carboxylic acids is 1. The zero-order valence-electron chi connectivity index (χ0n) is 12.8. The lowest BCUT2D eigenvalue weighted by Crippen LogP contribution is -2.47. The van der Waals surface area contributed by atoms with E-state index in [1.165, 1.54) is 0 Å². The number of nitriles is 1. The molecule has 0 radical (unpaired) electrons. The van der Waals surface area contributed by atoms with Crippen LogP contribution in [0.15, 0.2) is 26.4 Å². The molecule has 7 nitrogen and oxygen atoms in total. The van der Waals surface area contributed by atoms with Crippen molar-refractivity contribution in [1.29, 1.82) is 5.26 Å². The number of furan rings is 1. The van der Waals surface area contributed by atoms with Gasteiger partial charge in [0.15, 0.2) is 0 Å². The van der Waals surface area contributed by atoms with Crippen molar-refractivity contribution in [3.8, 4) is 17.5 Å². The molecule has 1 aliphatic rings. The average Bonchev–Trinajstić information content (AvgIpc) is 3.16. The Balaban J connectivity index is 1.57. The third-order valence-corrected chi connectivity index (χ3v) is 4.67. The topological polar surface area (TPSA) is 105 Å². The van der Waals surface area contributed by atoms with Crippen LogP contribution in [0, 0.1) is 24.2 Å². The molecule has 1 atom stereocenters. The van der Waals surface area contributed by atoms with Crippen molar-refractivity contribution in [2.24, 2.45) is 5.92 Å². The van der Waals surface area contributed by atoms with Crippen molar-refractivity contribution in [2.75, 3.05) is 5.75 Å². The molecule has 0 aliphatic heterocycles. The molecule has 2 aromatic rings. The van der Waals surface area contributed by atoms with E-state index in [1.807, 2.05) is 0 Å². The van der Waals surface area contributed by atoms with Crippen LogP contribution >= 0.6 is 11.8 Å². The lowest BCUT2D eigenvalue weighted by atomic mass is 9.98. The van der Waals surface area contributed by atoms with Crippen LogP contribution in [0.2, 0.25) is 0 Å². The molecule has 1 N–H and O–H groups in total. The number of aryl methyl sites for hydroxylation is 1. The second-order valence-corrected chi connectivity index (χ2v) is 6.62. The van der Waals surface area contributed by atoms with Gasteiger partial charge in [0, 0.05) is 0 Å². The highest BCUT2D eigenvalue weighted by Gasteiger charge is 2.42. The van der Waals surface area contributed by atoms with E-state index in [0.717, 1.165) is 30.2 Å². The van der Waals surface area contributed by atoms with E-state index in [2.05, 4.69) is 21.6 Å². The number of nitrogens with one attached hydrogen (secondary N) is 1. The van der Waals surface area contributed by atoms with Gasteiger partial charge in [-0.1, -0.05) is 11.8 Å². The van der Waals surface area contributed by atoms with Gasteiger partial charge in [-0.25, -0.2) is 0 Å². The zero-order chi connectivity index (χ0) is 16.4. The molecule has 0 aromatic carbocycles. The molecule has 1 amide bonds. The molecule has 0 unspecified atom stereocenters. The van der Waals surface area contributed by atoms with E-state index in [1.54, 1.807) is 26.2 Å². The first-order valence-corrected chi connectivity index (χ1v) is 8.23. The molecule has 0 spiro atoms. The van der Waals surface area contributed by atoms with Crippen LogP contribution < -0.4 is 5.32 Å². The van der Waals surface area contributed by atoms with E-state index in [4.69, 9.17) is 8.83 Å². The molecular formula is C15H16N4O3S. The van der Waals surface area contributed by atoms with Gasteiger partial charge in [0.1, 0.15) is 11.3 Å². The fourth-order valence-electron chi connectivity index (χ4n) is 2.32. The molecule has 2 heterocycles. The quantitative estimate of drug-likeness (QED) is 0.810. The SMILES string of the molecule is Cc1occc1-c1nnc(SCC(=O)N[C@@](C)(C#N)C2CC2)o1. The number of rotatable bonds is 6. The maximum absolute atomic E-state index is 12.0. The van der Waals surface area contributed by atoms with Gasteiger partial charge in [0.2, 0.25) is 5.91 Å². The predicted octanol–water partition coefficient (Wildman–Crippen LogP) is 2.54. The molecule has 23 heavy (non-hydrogen) atoms. The molecule has 2 aromatic heterocycles. The van der Waals surface area contributed by atoms with Gasteiger partial charge < -0.3 is 14.2 Å². The molecule has 8 heteroatoms. The van der Waals surface area contributed by atoms with Crippen LogP contribution in [0.5, 0.6) is 0 Å². The number of thioether (sulfide) groups is 1. The summed E-state index contributed by atoms with van der Waals surface area (Å²) in [5.74, 6) is 1.21. The number of aromatic nitrogens is 2. The lowest BCUT2D eigenvalue weighted by molar-refractivity contribution is -0.119. The van der Waals surface area contributed by atoms with E-state index in [-0.39, 0.29) is 17.6 Å². The summed E-state index contributed by atoms with van der Waals surface area (Å²) in [7, 11) is 0. The second-order valence-electron chi connectivity index (χ2n) is 5.69. The Morgan fingerprint density at radius 2 is 2.35 bits per heavy atom. The summed E-state index contributed by atoms with van der Waals surface area (Å²) in [4.78, 5) is 12.0. The third-order valence-electron chi connectivity index (χ3n) is 3.85. The van der Waals surface area contributed by atoms with Gasteiger partial charge in [-0.2, -0.15) is 5.26 Å². The number of hydrogen-bond donors (Lipinski definition) is 1. The van der Waals surface area contributed by atoms with Crippen molar-refractivity contribution in [2.45, 2.75) is 37.5 Å². The minimum atomic E-state index is -0.786. The van der Waals surface area contributed by atoms with Crippen LogP contribution in [-0.2, 0) is 4.79 Å². The van der Waals surface area contributed by atoms with Gasteiger partial charge in [-0.05, 0) is 38.7 Å². The highest BCUT2D eigenvalue weighted by Crippen LogP contribution is 2.39. The number of amides is 1. The molecule has 1 fully saturated rings. The van der Waals surface area contributed by atoms with Crippen LogP contribution in [0.4, 0.5) is 0 Å². The predicted molar refractivity (Wildman–Crippen MR) is 82.3 cm³/mol. The zero-order valence-corrected chi connectivity index (χ0v) is 13.6. The van der Waals surface area contributed by atoms with Gasteiger partial charge in [0.05, 0.1) is 23.6 Å². The van der Waals surface area contributed by atoms with Gasteiger partial charge >= 0.3 is 0 Å². The highest BCUT2D eigenvalue weighted by atomic mass is 32.2. The third kappa shape index (κ3) is 3.40. The summed E-state index contributed by atoms with van der Waals surface area (Å²) in [6.45, 7) is 3.57. The molecule has 0 bridgehead atoms. The van der Waals surface area contributed by atoms with Crippen molar-refractivity contribution < 1.29 is 13.6 Å². The monoisotopic (exact) mass is 332 g/mol. The summed E-state index contributed by atoms with van der Waals surface area (Å²) in [5.41, 5.74) is -0.0504.